The summed E-state index contributed by atoms with van der Waals surface area (Å²) < 4.78 is 45.4. The van der Waals surface area contributed by atoms with Crippen LogP contribution < -0.4 is 20.7 Å². The summed E-state index contributed by atoms with van der Waals surface area (Å²) in [6.07, 6.45) is -2.46. The van der Waals surface area contributed by atoms with Gasteiger partial charge in [-0.15, -0.1) is 0 Å². The van der Waals surface area contributed by atoms with Gasteiger partial charge in [0.25, 0.3) is 0 Å². The third-order valence-electron chi connectivity index (χ3n) is 4.64. The number of amides is 1. The standard InChI is InChI=1S/C21H14ClF3N6O2/c1-2-10-5-13(6-11(8-26)17(10)22)29-20-27-9-14(23)18(31-20)28-12-3-4-16-15(7-12)30-19(32)21(24,25)33-16/h3-7,9H,2H2,1H3,(H,30,32)(H2,27,28,29,31). The van der Waals surface area contributed by atoms with Gasteiger partial charge in [0.15, 0.2) is 17.4 Å². The van der Waals surface area contributed by atoms with Crippen LogP contribution in [0.3, 0.4) is 0 Å². The first kappa shape index (κ1) is 22.2. The van der Waals surface area contributed by atoms with Crippen LogP contribution in [0.15, 0.2) is 36.5 Å². The number of rotatable bonds is 5. The quantitative estimate of drug-likeness (QED) is 0.471. The minimum Gasteiger partial charge on any atom is -0.423 e. The molecular weight excluding hydrogens is 461 g/mol. The fourth-order valence-corrected chi connectivity index (χ4v) is 3.34. The number of carbonyl (C=O) groups excluding carboxylic acids is 1. The Morgan fingerprint density at radius 2 is 2.03 bits per heavy atom. The highest BCUT2D eigenvalue weighted by Crippen LogP contribution is 2.37. The van der Waals surface area contributed by atoms with Gasteiger partial charge in [-0.3, -0.25) is 4.79 Å². The molecule has 1 aromatic heterocycles. The first-order valence-corrected chi connectivity index (χ1v) is 9.89. The van der Waals surface area contributed by atoms with Gasteiger partial charge in [0.1, 0.15) is 6.07 Å². The Morgan fingerprint density at radius 1 is 1.24 bits per heavy atom. The molecule has 0 radical (unpaired) electrons. The fraction of sp³-hybridized carbons (Fsp3) is 0.143. The monoisotopic (exact) mass is 474 g/mol. The first-order valence-electron chi connectivity index (χ1n) is 9.51. The van der Waals surface area contributed by atoms with E-state index in [0.717, 1.165) is 11.8 Å². The molecule has 1 aliphatic heterocycles. The largest absolute Gasteiger partial charge is 0.482 e. The van der Waals surface area contributed by atoms with Crippen molar-refractivity contribution in [1.29, 1.82) is 5.26 Å². The van der Waals surface area contributed by atoms with Crippen molar-refractivity contribution >= 4 is 46.3 Å². The molecule has 0 unspecified atom stereocenters. The van der Waals surface area contributed by atoms with Gasteiger partial charge in [-0.1, -0.05) is 18.5 Å². The molecule has 12 heteroatoms. The zero-order valence-corrected chi connectivity index (χ0v) is 17.6. The smallest absolute Gasteiger partial charge is 0.423 e. The highest BCUT2D eigenvalue weighted by atomic mass is 35.5. The van der Waals surface area contributed by atoms with E-state index in [-0.39, 0.29) is 34.5 Å². The number of aromatic nitrogens is 2. The molecule has 0 fully saturated rings. The van der Waals surface area contributed by atoms with Crippen LogP contribution in [0.5, 0.6) is 5.75 Å². The highest BCUT2D eigenvalue weighted by molar-refractivity contribution is 6.32. The lowest BCUT2D eigenvalue weighted by atomic mass is 10.1. The van der Waals surface area contributed by atoms with Crippen molar-refractivity contribution in [1.82, 2.24) is 9.97 Å². The summed E-state index contributed by atoms with van der Waals surface area (Å²) in [5.74, 6) is -2.82. The summed E-state index contributed by atoms with van der Waals surface area (Å²) in [4.78, 5) is 19.4. The molecule has 0 bridgehead atoms. The third kappa shape index (κ3) is 4.47. The Labute approximate surface area is 190 Å². The van der Waals surface area contributed by atoms with Crippen molar-refractivity contribution < 1.29 is 22.7 Å². The van der Waals surface area contributed by atoms with Crippen molar-refractivity contribution in [2.24, 2.45) is 0 Å². The van der Waals surface area contributed by atoms with Gasteiger partial charge in [-0.05, 0) is 42.3 Å². The number of carbonyl (C=O) groups is 1. The second-order valence-electron chi connectivity index (χ2n) is 6.89. The van der Waals surface area contributed by atoms with E-state index in [9.17, 15) is 23.2 Å². The molecule has 0 spiro atoms. The summed E-state index contributed by atoms with van der Waals surface area (Å²) in [5, 5.41) is 17.3. The number of hydrogen-bond donors (Lipinski definition) is 3. The number of benzene rings is 2. The van der Waals surface area contributed by atoms with Gasteiger partial charge in [-0.2, -0.15) is 19.0 Å². The van der Waals surface area contributed by atoms with Gasteiger partial charge in [0.2, 0.25) is 5.95 Å². The summed E-state index contributed by atoms with van der Waals surface area (Å²) in [7, 11) is 0. The van der Waals surface area contributed by atoms with Crippen molar-refractivity contribution in [2.45, 2.75) is 19.5 Å². The zero-order chi connectivity index (χ0) is 23.8. The number of nitrogens with zero attached hydrogens (tertiary/aromatic N) is 3. The summed E-state index contributed by atoms with van der Waals surface area (Å²) in [6, 6.07) is 9.10. The molecule has 33 heavy (non-hydrogen) atoms. The lowest BCUT2D eigenvalue weighted by Crippen LogP contribution is -2.43. The Morgan fingerprint density at radius 3 is 2.76 bits per heavy atom. The second kappa shape index (κ2) is 8.48. The minimum atomic E-state index is -3.98. The van der Waals surface area contributed by atoms with E-state index in [4.69, 9.17) is 11.6 Å². The number of anilines is 5. The maximum Gasteiger partial charge on any atom is 0.482 e. The number of fused-ring (bicyclic) bond motifs is 1. The van der Waals surface area contributed by atoms with Crippen LogP contribution in [-0.4, -0.2) is 22.0 Å². The average molecular weight is 475 g/mol. The fourth-order valence-electron chi connectivity index (χ4n) is 3.05. The third-order valence-corrected chi connectivity index (χ3v) is 5.09. The Bertz CT molecular complexity index is 1310. The van der Waals surface area contributed by atoms with Crippen molar-refractivity contribution in [3.05, 3.63) is 58.5 Å². The number of nitriles is 1. The predicted molar refractivity (Wildman–Crippen MR) is 115 cm³/mol. The van der Waals surface area contributed by atoms with Crippen molar-refractivity contribution in [3.63, 3.8) is 0 Å². The molecule has 0 saturated carbocycles. The molecule has 3 N–H and O–H groups in total. The van der Waals surface area contributed by atoms with Crippen LogP contribution in [0.25, 0.3) is 0 Å². The average Bonchev–Trinajstić information content (AvgIpc) is 2.78. The molecule has 1 aliphatic rings. The lowest BCUT2D eigenvalue weighted by Gasteiger charge is -2.25. The molecular formula is C21H14ClF3N6O2. The summed E-state index contributed by atoms with van der Waals surface area (Å²) in [5.41, 5.74) is 1.73. The Kier molecular flexibility index (Phi) is 5.69. The predicted octanol–water partition coefficient (Wildman–Crippen LogP) is 5.11. The van der Waals surface area contributed by atoms with Crippen LogP contribution in [0, 0.1) is 17.1 Å². The Balaban J connectivity index is 1.59. The van der Waals surface area contributed by atoms with Crippen LogP contribution >= 0.6 is 11.6 Å². The molecule has 2 heterocycles. The van der Waals surface area contributed by atoms with Crippen LogP contribution in [0.1, 0.15) is 18.1 Å². The zero-order valence-electron chi connectivity index (χ0n) is 16.8. The van der Waals surface area contributed by atoms with Gasteiger partial charge in [-0.25, -0.2) is 9.37 Å². The molecule has 4 rings (SSSR count). The molecule has 0 saturated heterocycles. The van der Waals surface area contributed by atoms with E-state index < -0.39 is 17.8 Å². The van der Waals surface area contributed by atoms with Crippen LogP contribution in [-0.2, 0) is 11.2 Å². The Hall–Kier alpha value is -4.04. The van der Waals surface area contributed by atoms with E-state index in [2.05, 4.69) is 25.3 Å². The second-order valence-corrected chi connectivity index (χ2v) is 7.26. The number of hydrogen-bond acceptors (Lipinski definition) is 7. The summed E-state index contributed by atoms with van der Waals surface area (Å²) in [6.45, 7) is 1.88. The molecule has 2 aromatic carbocycles. The maximum atomic E-state index is 14.3. The van der Waals surface area contributed by atoms with E-state index in [1.54, 1.807) is 6.07 Å². The topological polar surface area (TPSA) is 112 Å². The molecule has 0 aliphatic carbocycles. The van der Waals surface area contributed by atoms with E-state index in [1.807, 2.05) is 18.3 Å². The maximum absolute atomic E-state index is 14.3. The lowest BCUT2D eigenvalue weighted by molar-refractivity contribution is -0.189. The van der Waals surface area contributed by atoms with E-state index in [1.165, 1.54) is 24.3 Å². The number of aryl methyl sites for hydroxylation is 1. The summed E-state index contributed by atoms with van der Waals surface area (Å²) >= 11 is 6.18. The van der Waals surface area contributed by atoms with E-state index >= 15 is 0 Å². The first-order chi connectivity index (χ1) is 15.7. The molecule has 168 valence electrons. The van der Waals surface area contributed by atoms with Crippen molar-refractivity contribution in [3.8, 4) is 11.8 Å². The van der Waals surface area contributed by atoms with Gasteiger partial charge in [0.05, 0.1) is 22.5 Å². The van der Waals surface area contributed by atoms with E-state index in [0.29, 0.717) is 17.1 Å². The van der Waals surface area contributed by atoms with Gasteiger partial charge in [0, 0.05) is 11.4 Å². The molecule has 0 atom stereocenters. The van der Waals surface area contributed by atoms with Gasteiger partial charge < -0.3 is 20.7 Å². The van der Waals surface area contributed by atoms with Crippen LogP contribution in [0.2, 0.25) is 5.02 Å². The number of nitrogens with one attached hydrogen (secondary N) is 3. The molecule has 8 nitrogen and oxygen atoms in total. The number of halogens is 4. The van der Waals surface area contributed by atoms with Crippen molar-refractivity contribution in [2.75, 3.05) is 16.0 Å². The molecule has 3 aromatic rings. The normalized spacial score (nSPS) is 13.9. The number of alkyl halides is 2. The SMILES string of the molecule is CCc1cc(Nc2ncc(F)c(Nc3ccc4c(c3)NC(=O)C(F)(F)O4)n2)cc(C#N)c1Cl. The number of ether oxygens (including phenoxy) is 1. The highest BCUT2D eigenvalue weighted by Gasteiger charge is 2.46. The molecule has 1 amide bonds. The minimum absolute atomic E-state index is 0.0129. The van der Waals surface area contributed by atoms with Crippen LogP contribution in [0.4, 0.5) is 42.0 Å². The van der Waals surface area contributed by atoms with Gasteiger partial charge >= 0.3 is 12.0 Å².